The van der Waals surface area contributed by atoms with Gasteiger partial charge in [0.25, 0.3) is 5.91 Å². The predicted molar refractivity (Wildman–Crippen MR) is 101 cm³/mol. The van der Waals surface area contributed by atoms with E-state index < -0.39 is 0 Å². The smallest absolute Gasteiger partial charge is 0.409 e. The van der Waals surface area contributed by atoms with Crippen LogP contribution in [0, 0.1) is 0 Å². The maximum absolute atomic E-state index is 12.9. The van der Waals surface area contributed by atoms with Crippen molar-refractivity contribution in [1.82, 2.24) is 24.3 Å². The summed E-state index contributed by atoms with van der Waals surface area (Å²) in [6.45, 7) is 5.53. The van der Waals surface area contributed by atoms with Gasteiger partial charge >= 0.3 is 6.09 Å². The second-order valence-electron chi connectivity index (χ2n) is 7.04. The fraction of sp³-hybridized carbons (Fsp3) is 0.579. The zero-order valence-corrected chi connectivity index (χ0v) is 16.0. The summed E-state index contributed by atoms with van der Waals surface area (Å²) in [5.74, 6) is -0.0847. The zero-order chi connectivity index (χ0) is 19.5. The first kappa shape index (κ1) is 18.7. The lowest BCUT2D eigenvalue weighted by Crippen LogP contribution is -2.50. The van der Waals surface area contributed by atoms with Gasteiger partial charge in [-0.05, 0) is 25.8 Å². The van der Waals surface area contributed by atoms with Gasteiger partial charge in [0, 0.05) is 51.6 Å². The lowest BCUT2D eigenvalue weighted by Gasteiger charge is -2.34. The number of imidazole rings is 1. The number of fused-ring (bicyclic) bond motifs is 1. The Morgan fingerprint density at radius 3 is 2.57 bits per heavy atom. The quantitative estimate of drug-likeness (QED) is 0.796. The molecule has 2 aliphatic rings. The van der Waals surface area contributed by atoms with Crippen LogP contribution in [-0.4, -0.2) is 82.3 Å². The molecular weight excluding hydrogens is 362 g/mol. The van der Waals surface area contributed by atoms with E-state index in [1.807, 2.05) is 0 Å². The number of pyridine rings is 1. The molecule has 0 unspecified atom stereocenters. The molecule has 150 valence electrons. The molecule has 2 saturated heterocycles. The Kier molecular flexibility index (Phi) is 5.43. The number of rotatable bonds is 3. The molecule has 28 heavy (non-hydrogen) atoms. The number of amides is 2. The summed E-state index contributed by atoms with van der Waals surface area (Å²) in [6.07, 6.45) is 4.99. The summed E-state index contributed by atoms with van der Waals surface area (Å²) < 4.78 is 12.5. The Bertz CT molecular complexity index is 853. The van der Waals surface area contributed by atoms with Crippen molar-refractivity contribution >= 4 is 23.2 Å². The molecule has 2 aliphatic heterocycles. The lowest BCUT2D eigenvalue weighted by molar-refractivity contribution is 0.0570. The van der Waals surface area contributed by atoms with Crippen LogP contribution >= 0.6 is 0 Å². The van der Waals surface area contributed by atoms with Crippen molar-refractivity contribution in [2.75, 3.05) is 46.0 Å². The Morgan fingerprint density at radius 1 is 1.14 bits per heavy atom. The number of carbonyl (C=O) groups is 2. The average molecular weight is 387 g/mol. The van der Waals surface area contributed by atoms with E-state index in [0.29, 0.717) is 44.4 Å². The second kappa shape index (κ2) is 8.14. The van der Waals surface area contributed by atoms with Crippen LogP contribution in [0.4, 0.5) is 4.79 Å². The molecule has 4 heterocycles. The highest BCUT2D eigenvalue weighted by Gasteiger charge is 2.26. The van der Waals surface area contributed by atoms with E-state index in [-0.39, 0.29) is 12.0 Å². The minimum Gasteiger partial charge on any atom is -0.450 e. The maximum atomic E-state index is 12.9. The van der Waals surface area contributed by atoms with Crippen molar-refractivity contribution in [2.24, 2.45) is 0 Å². The van der Waals surface area contributed by atoms with Crippen molar-refractivity contribution in [3.05, 3.63) is 24.2 Å². The average Bonchev–Trinajstić information content (AvgIpc) is 3.17. The van der Waals surface area contributed by atoms with E-state index in [1.54, 1.807) is 35.3 Å². The molecule has 0 radical (unpaired) electrons. The standard InChI is InChI=1S/C19H25N5O4/c1-2-28-19(26)23-7-5-22(6-8-23)18(25)14-11-16-17(20-12-14)24(13-21-16)15-3-9-27-10-4-15/h11-13,15H,2-10H2,1H3. The van der Waals surface area contributed by atoms with Gasteiger partial charge in [-0.3, -0.25) is 4.79 Å². The third kappa shape index (κ3) is 3.66. The summed E-state index contributed by atoms with van der Waals surface area (Å²) in [5, 5.41) is 0. The molecule has 0 spiro atoms. The molecule has 9 heteroatoms. The first-order valence-corrected chi connectivity index (χ1v) is 9.78. The number of carbonyl (C=O) groups excluding carboxylic acids is 2. The van der Waals surface area contributed by atoms with Crippen LogP contribution in [-0.2, 0) is 9.47 Å². The van der Waals surface area contributed by atoms with E-state index in [0.717, 1.165) is 37.2 Å². The highest BCUT2D eigenvalue weighted by molar-refractivity contribution is 5.96. The van der Waals surface area contributed by atoms with E-state index >= 15 is 0 Å². The predicted octanol–water partition coefficient (Wildman–Crippen LogP) is 1.70. The maximum Gasteiger partial charge on any atom is 0.409 e. The molecule has 0 N–H and O–H groups in total. The first-order valence-electron chi connectivity index (χ1n) is 9.78. The molecule has 0 aliphatic carbocycles. The Labute approximate surface area is 163 Å². The molecular formula is C19H25N5O4. The van der Waals surface area contributed by atoms with E-state index in [2.05, 4.69) is 14.5 Å². The van der Waals surface area contributed by atoms with E-state index in [1.165, 1.54) is 0 Å². The third-order valence-corrected chi connectivity index (χ3v) is 5.34. The normalized spacial score (nSPS) is 18.5. The first-order chi connectivity index (χ1) is 13.7. The highest BCUT2D eigenvalue weighted by atomic mass is 16.6. The summed E-state index contributed by atoms with van der Waals surface area (Å²) in [7, 11) is 0. The number of ether oxygens (including phenoxy) is 2. The van der Waals surface area contributed by atoms with Gasteiger partial charge in [0.05, 0.1) is 18.5 Å². The molecule has 4 rings (SSSR count). The minimum atomic E-state index is -0.323. The number of hydrogen-bond donors (Lipinski definition) is 0. The summed E-state index contributed by atoms with van der Waals surface area (Å²) in [6, 6.07) is 2.14. The van der Waals surface area contributed by atoms with Gasteiger partial charge in [-0.15, -0.1) is 0 Å². The second-order valence-corrected chi connectivity index (χ2v) is 7.04. The van der Waals surface area contributed by atoms with Crippen LogP contribution < -0.4 is 0 Å². The summed E-state index contributed by atoms with van der Waals surface area (Å²) in [5.41, 5.74) is 2.05. The molecule has 2 fully saturated rings. The molecule has 0 bridgehead atoms. The fourth-order valence-electron chi connectivity index (χ4n) is 3.76. The van der Waals surface area contributed by atoms with Gasteiger partial charge < -0.3 is 23.8 Å². The minimum absolute atomic E-state index is 0.0847. The molecule has 0 atom stereocenters. The number of hydrogen-bond acceptors (Lipinski definition) is 6. The van der Waals surface area contributed by atoms with Crippen LogP contribution in [0.3, 0.4) is 0 Å². The van der Waals surface area contributed by atoms with E-state index in [4.69, 9.17) is 9.47 Å². The van der Waals surface area contributed by atoms with Gasteiger partial charge in [0.2, 0.25) is 0 Å². The molecule has 2 aromatic rings. The van der Waals surface area contributed by atoms with Crippen LogP contribution in [0.5, 0.6) is 0 Å². The topological polar surface area (TPSA) is 89.8 Å². The van der Waals surface area contributed by atoms with Crippen molar-refractivity contribution < 1.29 is 19.1 Å². The number of piperazine rings is 1. The van der Waals surface area contributed by atoms with Gasteiger partial charge in [-0.25, -0.2) is 14.8 Å². The number of nitrogens with zero attached hydrogens (tertiary/aromatic N) is 5. The van der Waals surface area contributed by atoms with Crippen LogP contribution in [0.1, 0.15) is 36.2 Å². The molecule has 2 amide bonds. The van der Waals surface area contributed by atoms with Gasteiger partial charge in [0.15, 0.2) is 5.65 Å². The molecule has 2 aromatic heterocycles. The van der Waals surface area contributed by atoms with Gasteiger partial charge in [0.1, 0.15) is 5.52 Å². The van der Waals surface area contributed by atoms with Crippen LogP contribution in [0.15, 0.2) is 18.6 Å². The number of aromatic nitrogens is 3. The Hall–Kier alpha value is -2.68. The fourth-order valence-corrected chi connectivity index (χ4v) is 3.76. The van der Waals surface area contributed by atoms with Crippen LogP contribution in [0.25, 0.3) is 11.2 Å². The van der Waals surface area contributed by atoms with Gasteiger partial charge in [-0.2, -0.15) is 0 Å². The summed E-state index contributed by atoms with van der Waals surface area (Å²) in [4.78, 5) is 37.0. The van der Waals surface area contributed by atoms with Crippen molar-refractivity contribution in [3.8, 4) is 0 Å². The van der Waals surface area contributed by atoms with Crippen LogP contribution in [0.2, 0.25) is 0 Å². The highest BCUT2D eigenvalue weighted by Crippen LogP contribution is 2.25. The Morgan fingerprint density at radius 2 is 1.86 bits per heavy atom. The SMILES string of the molecule is CCOC(=O)N1CCN(C(=O)c2cnc3c(c2)ncn3C2CCOCC2)CC1. The Balaban J connectivity index is 1.44. The molecule has 0 saturated carbocycles. The third-order valence-electron chi connectivity index (χ3n) is 5.34. The van der Waals surface area contributed by atoms with Crippen molar-refractivity contribution in [3.63, 3.8) is 0 Å². The lowest BCUT2D eigenvalue weighted by atomic mass is 10.1. The monoisotopic (exact) mass is 387 g/mol. The van der Waals surface area contributed by atoms with Crippen molar-refractivity contribution in [2.45, 2.75) is 25.8 Å². The molecule has 0 aromatic carbocycles. The van der Waals surface area contributed by atoms with Gasteiger partial charge in [-0.1, -0.05) is 0 Å². The zero-order valence-electron chi connectivity index (χ0n) is 16.0. The van der Waals surface area contributed by atoms with Crippen molar-refractivity contribution in [1.29, 1.82) is 0 Å². The van der Waals surface area contributed by atoms with E-state index in [9.17, 15) is 9.59 Å². The molecule has 9 nitrogen and oxygen atoms in total. The largest absolute Gasteiger partial charge is 0.450 e. The summed E-state index contributed by atoms with van der Waals surface area (Å²) >= 11 is 0.